The number of H-pyrrole nitrogens is 1. The smallest absolute Gasteiger partial charge is 0.266 e. The van der Waals surface area contributed by atoms with Gasteiger partial charge in [0.1, 0.15) is 9.39 Å². The van der Waals surface area contributed by atoms with Crippen molar-refractivity contribution in [1.29, 1.82) is 0 Å². The Kier molecular flexibility index (Phi) is 6.45. The minimum atomic E-state index is -0.129. The fourth-order valence-corrected chi connectivity index (χ4v) is 1.96. The zero-order valence-electron chi connectivity index (χ0n) is 9.90. The van der Waals surface area contributed by atoms with Crippen molar-refractivity contribution in [3.05, 3.63) is 20.3 Å². The summed E-state index contributed by atoms with van der Waals surface area (Å²) >= 11 is 1.99. The third-order valence-corrected chi connectivity index (χ3v) is 3.18. The SMILES string of the molecule is COCCN(CCOC)c1nc[nH]c(=O)c1I. The van der Waals surface area contributed by atoms with E-state index in [4.69, 9.17) is 9.47 Å². The van der Waals surface area contributed by atoms with Crippen LogP contribution in [0.15, 0.2) is 11.1 Å². The number of aromatic nitrogens is 2. The summed E-state index contributed by atoms with van der Waals surface area (Å²) in [5, 5.41) is 0. The molecule has 1 aromatic rings. The number of aromatic amines is 1. The van der Waals surface area contributed by atoms with E-state index in [-0.39, 0.29) is 5.56 Å². The monoisotopic (exact) mass is 353 g/mol. The number of nitrogens with one attached hydrogen (secondary N) is 1. The van der Waals surface area contributed by atoms with Crippen molar-refractivity contribution < 1.29 is 9.47 Å². The molecule has 0 aromatic carbocycles. The van der Waals surface area contributed by atoms with Gasteiger partial charge in [0.15, 0.2) is 0 Å². The maximum absolute atomic E-state index is 11.5. The molecule has 1 rings (SSSR count). The van der Waals surface area contributed by atoms with Crippen LogP contribution in [0.4, 0.5) is 5.82 Å². The van der Waals surface area contributed by atoms with Gasteiger partial charge in [-0.05, 0) is 22.6 Å². The van der Waals surface area contributed by atoms with E-state index in [1.54, 1.807) is 14.2 Å². The Morgan fingerprint density at radius 1 is 1.35 bits per heavy atom. The quantitative estimate of drug-likeness (QED) is 0.722. The van der Waals surface area contributed by atoms with Crippen LogP contribution in [0.2, 0.25) is 0 Å². The van der Waals surface area contributed by atoms with Crippen LogP contribution in [-0.2, 0) is 9.47 Å². The summed E-state index contributed by atoms with van der Waals surface area (Å²) in [6, 6.07) is 0. The normalized spacial score (nSPS) is 10.5. The van der Waals surface area contributed by atoms with Crippen molar-refractivity contribution >= 4 is 28.4 Å². The number of anilines is 1. The summed E-state index contributed by atoms with van der Waals surface area (Å²) in [6.45, 7) is 2.50. The van der Waals surface area contributed by atoms with E-state index in [2.05, 4.69) is 9.97 Å². The van der Waals surface area contributed by atoms with Crippen molar-refractivity contribution in [2.24, 2.45) is 0 Å². The molecule has 96 valence electrons. The van der Waals surface area contributed by atoms with Gasteiger partial charge in [-0.25, -0.2) is 4.98 Å². The Bertz CT molecular complexity index is 389. The number of methoxy groups -OCH3 is 2. The van der Waals surface area contributed by atoms with Crippen molar-refractivity contribution in [1.82, 2.24) is 9.97 Å². The third-order valence-electron chi connectivity index (χ3n) is 2.21. The fraction of sp³-hybridized carbons (Fsp3) is 0.600. The topological polar surface area (TPSA) is 67.5 Å². The first-order chi connectivity index (χ1) is 8.20. The van der Waals surface area contributed by atoms with Crippen LogP contribution >= 0.6 is 22.6 Å². The Morgan fingerprint density at radius 2 is 1.94 bits per heavy atom. The first-order valence-corrected chi connectivity index (χ1v) is 6.24. The Balaban J connectivity index is 2.86. The summed E-state index contributed by atoms with van der Waals surface area (Å²) < 4.78 is 10.7. The van der Waals surface area contributed by atoms with E-state index < -0.39 is 0 Å². The first-order valence-electron chi connectivity index (χ1n) is 5.16. The molecule has 1 heterocycles. The molecule has 6 nitrogen and oxygen atoms in total. The average molecular weight is 353 g/mol. The summed E-state index contributed by atoms with van der Waals surface area (Å²) in [7, 11) is 3.29. The predicted molar refractivity (Wildman–Crippen MR) is 73.5 cm³/mol. The molecular formula is C10H16IN3O3. The fourth-order valence-electron chi connectivity index (χ4n) is 1.32. The highest BCUT2D eigenvalue weighted by molar-refractivity contribution is 14.1. The minimum Gasteiger partial charge on any atom is -0.383 e. The van der Waals surface area contributed by atoms with Gasteiger partial charge >= 0.3 is 0 Å². The van der Waals surface area contributed by atoms with Crippen LogP contribution in [0, 0.1) is 3.57 Å². The molecule has 17 heavy (non-hydrogen) atoms. The van der Waals surface area contributed by atoms with Crippen LogP contribution in [0.3, 0.4) is 0 Å². The molecule has 1 aromatic heterocycles. The number of hydrogen-bond donors (Lipinski definition) is 1. The molecule has 0 aliphatic heterocycles. The van der Waals surface area contributed by atoms with E-state index in [9.17, 15) is 4.79 Å². The van der Waals surface area contributed by atoms with Crippen molar-refractivity contribution in [2.45, 2.75) is 0 Å². The molecule has 0 spiro atoms. The Morgan fingerprint density at radius 3 is 2.47 bits per heavy atom. The van der Waals surface area contributed by atoms with Crippen LogP contribution in [-0.4, -0.2) is 50.5 Å². The number of hydrogen-bond acceptors (Lipinski definition) is 5. The van der Waals surface area contributed by atoms with E-state index in [1.807, 2.05) is 27.5 Å². The number of rotatable bonds is 7. The van der Waals surface area contributed by atoms with Gasteiger partial charge in [-0.2, -0.15) is 0 Å². The van der Waals surface area contributed by atoms with Crippen molar-refractivity contribution in [3.8, 4) is 0 Å². The predicted octanol–water partition coefficient (Wildman–Crippen LogP) is 0.474. The third kappa shape index (κ3) is 4.25. The minimum absolute atomic E-state index is 0.129. The molecule has 1 N–H and O–H groups in total. The van der Waals surface area contributed by atoms with Crippen LogP contribution in [0.1, 0.15) is 0 Å². The van der Waals surface area contributed by atoms with Gasteiger partial charge in [0, 0.05) is 27.3 Å². The maximum Gasteiger partial charge on any atom is 0.266 e. The second-order valence-electron chi connectivity index (χ2n) is 3.34. The number of halogens is 1. The average Bonchev–Trinajstić information content (AvgIpc) is 2.34. The first kappa shape index (κ1) is 14.4. The highest BCUT2D eigenvalue weighted by atomic mass is 127. The van der Waals surface area contributed by atoms with Gasteiger partial charge in [-0.3, -0.25) is 4.79 Å². The van der Waals surface area contributed by atoms with Crippen molar-refractivity contribution in [2.75, 3.05) is 45.4 Å². The Hall–Kier alpha value is -0.670. The highest BCUT2D eigenvalue weighted by Gasteiger charge is 2.13. The summed E-state index contributed by atoms with van der Waals surface area (Å²) in [6.07, 6.45) is 1.41. The van der Waals surface area contributed by atoms with Gasteiger partial charge in [0.05, 0.1) is 19.5 Å². The molecule has 0 aliphatic rings. The summed E-state index contributed by atoms with van der Waals surface area (Å²) in [4.78, 5) is 20.2. The molecule has 0 fully saturated rings. The van der Waals surface area contributed by atoms with Crippen LogP contribution < -0.4 is 10.5 Å². The molecule has 0 unspecified atom stereocenters. The molecule has 0 radical (unpaired) electrons. The Labute approximate surface area is 113 Å². The lowest BCUT2D eigenvalue weighted by molar-refractivity contribution is 0.190. The molecule has 0 atom stereocenters. The standard InChI is InChI=1S/C10H16IN3O3/c1-16-5-3-14(4-6-17-2)9-8(11)10(15)13-7-12-9/h7H,3-6H2,1-2H3,(H,12,13,15). The molecule has 0 bridgehead atoms. The molecule has 0 saturated carbocycles. The summed E-state index contributed by atoms with van der Waals surface area (Å²) in [5.41, 5.74) is -0.129. The molecule has 0 saturated heterocycles. The van der Waals surface area contributed by atoms with Gasteiger partial charge in [0.2, 0.25) is 0 Å². The van der Waals surface area contributed by atoms with Gasteiger partial charge in [-0.15, -0.1) is 0 Å². The van der Waals surface area contributed by atoms with E-state index in [1.165, 1.54) is 6.33 Å². The van der Waals surface area contributed by atoms with Gasteiger partial charge in [0.25, 0.3) is 5.56 Å². The lowest BCUT2D eigenvalue weighted by Crippen LogP contribution is -2.33. The molecule has 0 amide bonds. The van der Waals surface area contributed by atoms with Crippen molar-refractivity contribution in [3.63, 3.8) is 0 Å². The maximum atomic E-state index is 11.5. The van der Waals surface area contributed by atoms with Gasteiger partial charge < -0.3 is 19.4 Å². The van der Waals surface area contributed by atoms with Crippen LogP contribution in [0.5, 0.6) is 0 Å². The number of nitrogens with zero attached hydrogens (tertiary/aromatic N) is 2. The lowest BCUT2D eigenvalue weighted by Gasteiger charge is -2.23. The largest absolute Gasteiger partial charge is 0.383 e. The number of ether oxygens (including phenoxy) is 2. The summed E-state index contributed by atoms with van der Waals surface area (Å²) in [5.74, 6) is 0.670. The van der Waals surface area contributed by atoms with E-state index in [0.717, 1.165) is 0 Å². The second-order valence-corrected chi connectivity index (χ2v) is 4.42. The van der Waals surface area contributed by atoms with E-state index in [0.29, 0.717) is 35.7 Å². The highest BCUT2D eigenvalue weighted by Crippen LogP contribution is 2.14. The second kappa shape index (κ2) is 7.62. The molecular weight excluding hydrogens is 337 g/mol. The zero-order valence-corrected chi connectivity index (χ0v) is 12.1. The molecule has 0 aliphatic carbocycles. The van der Waals surface area contributed by atoms with E-state index >= 15 is 0 Å². The zero-order chi connectivity index (χ0) is 12.7. The van der Waals surface area contributed by atoms with Gasteiger partial charge in [-0.1, -0.05) is 0 Å². The lowest BCUT2D eigenvalue weighted by atomic mass is 10.4. The van der Waals surface area contributed by atoms with Crippen LogP contribution in [0.25, 0.3) is 0 Å². The molecule has 7 heteroatoms.